The lowest BCUT2D eigenvalue weighted by Gasteiger charge is -2.04. The summed E-state index contributed by atoms with van der Waals surface area (Å²) in [6.45, 7) is -0.316. The Morgan fingerprint density at radius 1 is 1.09 bits per heavy atom. The highest BCUT2D eigenvalue weighted by Crippen LogP contribution is 2.15. The van der Waals surface area contributed by atoms with Crippen molar-refractivity contribution in [3.63, 3.8) is 0 Å². The number of rotatable bonds is 6. The first-order valence-electron chi connectivity index (χ1n) is 7.01. The van der Waals surface area contributed by atoms with E-state index < -0.39 is 5.97 Å². The molecule has 0 aliphatic rings. The van der Waals surface area contributed by atoms with E-state index in [4.69, 9.17) is 4.74 Å². The van der Waals surface area contributed by atoms with Crippen LogP contribution in [0.4, 0.5) is 5.69 Å². The lowest BCUT2D eigenvalue weighted by Crippen LogP contribution is -2.20. The molecule has 0 aliphatic carbocycles. The van der Waals surface area contributed by atoms with Crippen LogP contribution in [0.2, 0.25) is 0 Å². The van der Waals surface area contributed by atoms with Crippen molar-refractivity contribution < 1.29 is 14.3 Å². The zero-order valence-corrected chi connectivity index (χ0v) is 13.5. The third-order valence-corrected chi connectivity index (χ3v) is 3.67. The lowest BCUT2D eigenvalue weighted by atomic mass is 10.2. The summed E-state index contributed by atoms with van der Waals surface area (Å²) in [6.07, 6.45) is 4.97. The molecule has 0 aliphatic heterocycles. The minimum atomic E-state index is -0.554. The van der Waals surface area contributed by atoms with Crippen molar-refractivity contribution in [3.05, 3.63) is 66.2 Å². The molecule has 1 amide bonds. The van der Waals surface area contributed by atoms with E-state index in [2.05, 4.69) is 5.32 Å². The van der Waals surface area contributed by atoms with Gasteiger partial charge in [-0.3, -0.25) is 4.79 Å². The smallest absolute Gasteiger partial charge is 0.331 e. The molecule has 0 aromatic heterocycles. The summed E-state index contributed by atoms with van der Waals surface area (Å²) >= 11 is 1.65. The third kappa shape index (κ3) is 6.00. The molecule has 23 heavy (non-hydrogen) atoms. The van der Waals surface area contributed by atoms with Gasteiger partial charge in [-0.1, -0.05) is 30.3 Å². The van der Waals surface area contributed by atoms with E-state index in [1.165, 1.54) is 6.08 Å². The van der Waals surface area contributed by atoms with Crippen LogP contribution in [0.3, 0.4) is 0 Å². The molecule has 0 radical (unpaired) electrons. The van der Waals surface area contributed by atoms with Gasteiger partial charge in [-0.25, -0.2) is 4.79 Å². The summed E-state index contributed by atoms with van der Waals surface area (Å²) < 4.78 is 4.90. The van der Waals surface area contributed by atoms with Crippen LogP contribution < -0.4 is 5.32 Å². The minimum absolute atomic E-state index is 0.316. The molecule has 2 aromatic carbocycles. The molecule has 2 rings (SSSR count). The van der Waals surface area contributed by atoms with Crippen LogP contribution in [0.15, 0.2) is 65.6 Å². The summed E-state index contributed by atoms with van der Waals surface area (Å²) in [4.78, 5) is 24.4. The molecule has 0 saturated carbocycles. The number of esters is 1. The zero-order valence-electron chi connectivity index (χ0n) is 12.7. The number of carbonyl (C=O) groups excluding carboxylic acids is 2. The van der Waals surface area contributed by atoms with E-state index in [0.717, 1.165) is 10.5 Å². The van der Waals surface area contributed by atoms with Crippen molar-refractivity contribution in [1.82, 2.24) is 0 Å². The number of nitrogens with one attached hydrogen (secondary N) is 1. The first-order valence-corrected chi connectivity index (χ1v) is 8.23. The molecule has 0 spiro atoms. The quantitative estimate of drug-likeness (QED) is 0.500. The molecular formula is C18H17NO3S. The molecule has 118 valence electrons. The van der Waals surface area contributed by atoms with Crippen LogP contribution in [0.25, 0.3) is 6.08 Å². The van der Waals surface area contributed by atoms with Gasteiger partial charge in [0.25, 0.3) is 5.91 Å². The van der Waals surface area contributed by atoms with Gasteiger partial charge in [0, 0.05) is 16.7 Å². The van der Waals surface area contributed by atoms with E-state index in [0.29, 0.717) is 5.69 Å². The van der Waals surface area contributed by atoms with Crippen molar-refractivity contribution in [3.8, 4) is 0 Å². The number of hydrogen-bond acceptors (Lipinski definition) is 4. The van der Waals surface area contributed by atoms with Crippen LogP contribution >= 0.6 is 11.8 Å². The molecule has 0 atom stereocenters. The summed E-state index contributed by atoms with van der Waals surface area (Å²) in [5.74, 6) is -0.926. The van der Waals surface area contributed by atoms with Crippen molar-refractivity contribution in [1.29, 1.82) is 0 Å². The average molecular weight is 327 g/mol. The van der Waals surface area contributed by atoms with Gasteiger partial charge in [0.1, 0.15) is 0 Å². The fourth-order valence-electron chi connectivity index (χ4n) is 1.78. The topological polar surface area (TPSA) is 55.4 Å². The van der Waals surface area contributed by atoms with Crippen LogP contribution in [0.5, 0.6) is 0 Å². The molecule has 4 nitrogen and oxygen atoms in total. The number of amides is 1. The van der Waals surface area contributed by atoms with Crippen molar-refractivity contribution >= 4 is 35.4 Å². The van der Waals surface area contributed by atoms with Crippen molar-refractivity contribution in [2.24, 2.45) is 0 Å². The van der Waals surface area contributed by atoms with Gasteiger partial charge in [-0.15, -0.1) is 11.8 Å². The second-order valence-corrected chi connectivity index (χ2v) is 5.51. The van der Waals surface area contributed by atoms with Gasteiger partial charge < -0.3 is 10.1 Å². The molecular weight excluding hydrogens is 310 g/mol. The van der Waals surface area contributed by atoms with E-state index in [1.807, 2.05) is 48.7 Å². The number of carbonyl (C=O) groups is 2. The largest absolute Gasteiger partial charge is 0.452 e. The van der Waals surface area contributed by atoms with Gasteiger partial charge in [-0.05, 0) is 42.2 Å². The Labute approximate surface area is 139 Å². The Hall–Kier alpha value is -2.53. The molecule has 0 bridgehead atoms. The minimum Gasteiger partial charge on any atom is -0.452 e. The summed E-state index contributed by atoms with van der Waals surface area (Å²) in [6, 6.07) is 16.8. The van der Waals surface area contributed by atoms with E-state index >= 15 is 0 Å². The van der Waals surface area contributed by atoms with Crippen LogP contribution in [-0.4, -0.2) is 24.7 Å². The molecule has 0 saturated heterocycles. The van der Waals surface area contributed by atoms with Crippen molar-refractivity contribution in [2.75, 3.05) is 18.2 Å². The number of thioether (sulfide) groups is 1. The number of benzene rings is 2. The second-order valence-electron chi connectivity index (χ2n) is 4.63. The predicted molar refractivity (Wildman–Crippen MR) is 93.3 cm³/mol. The van der Waals surface area contributed by atoms with Gasteiger partial charge in [0.2, 0.25) is 0 Å². The molecule has 0 heterocycles. The predicted octanol–water partition coefficient (Wildman–Crippen LogP) is 3.60. The highest BCUT2D eigenvalue weighted by atomic mass is 32.2. The molecule has 5 heteroatoms. The Balaban J connectivity index is 1.77. The number of hydrogen-bond donors (Lipinski definition) is 1. The molecule has 0 fully saturated rings. The summed E-state index contributed by atoms with van der Waals surface area (Å²) in [5, 5.41) is 2.64. The highest BCUT2D eigenvalue weighted by molar-refractivity contribution is 7.98. The number of para-hydroxylation sites is 1. The second kappa shape index (κ2) is 8.80. The Bertz CT molecular complexity index is 681. The maximum Gasteiger partial charge on any atom is 0.331 e. The Morgan fingerprint density at radius 2 is 1.78 bits per heavy atom. The van der Waals surface area contributed by atoms with Crippen LogP contribution in [-0.2, 0) is 14.3 Å². The van der Waals surface area contributed by atoms with Crippen molar-refractivity contribution in [2.45, 2.75) is 4.90 Å². The maximum absolute atomic E-state index is 11.6. The number of anilines is 1. The van der Waals surface area contributed by atoms with E-state index in [-0.39, 0.29) is 12.5 Å². The first kappa shape index (κ1) is 16.8. The Kier molecular flexibility index (Phi) is 6.44. The Morgan fingerprint density at radius 3 is 2.43 bits per heavy atom. The average Bonchev–Trinajstić information content (AvgIpc) is 2.59. The number of ether oxygens (including phenoxy) is 1. The summed E-state index contributed by atoms with van der Waals surface area (Å²) in [5.41, 5.74) is 1.56. The van der Waals surface area contributed by atoms with Gasteiger partial charge in [0.15, 0.2) is 6.61 Å². The highest BCUT2D eigenvalue weighted by Gasteiger charge is 2.05. The van der Waals surface area contributed by atoms with Gasteiger partial charge in [-0.2, -0.15) is 0 Å². The fraction of sp³-hybridized carbons (Fsp3) is 0.111. The molecule has 0 unspecified atom stereocenters. The maximum atomic E-state index is 11.6. The lowest BCUT2D eigenvalue weighted by molar-refractivity contribution is -0.142. The first-order chi connectivity index (χ1) is 11.2. The van der Waals surface area contributed by atoms with Crippen LogP contribution in [0.1, 0.15) is 5.56 Å². The SMILES string of the molecule is CSc1ccc(/C=C/C(=O)OCC(=O)Nc2ccccc2)cc1. The third-order valence-electron chi connectivity index (χ3n) is 2.93. The van der Waals surface area contributed by atoms with E-state index in [9.17, 15) is 9.59 Å². The standard InChI is InChI=1S/C18H17NO3S/c1-23-16-10-7-14(8-11-16)9-12-18(21)22-13-17(20)19-15-5-3-2-4-6-15/h2-12H,13H2,1H3,(H,19,20)/b12-9+. The molecule has 1 N–H and O–H groups in total. The summed E-state index contributed by atoms with van der Waals surface area (Å²) in [7, 11) is 0. The normalized spacial score (nSPS) is 10.5. The fourth-order valence-corrected chi connectivity index (χ4v) is 2.19. The monoisotopic (exact) mass is 327 g/mol. The van der Waals surface area contributed by atoms with E-state index in [1.54, 1.807) is 30.0 Å². The van der Waals surface area contributed by atoms with Gasteiger partial charge in [0.05, 0.1) is 0 Å². The molecule has 2 aromatic rings. The van der Waals surface area contributed by atoms with Crippen LogP contribution in [0, 0.1) is 0 Å². The zero-order chi connectivity index (χ0) is 16.5. The van der Waals surface area contributed by atoms with Gasteiger partial charge >= 0.3 is 5.97 Å².